The van der Waals surface area contributed by atoms with Gasteiger partial charge in [0, 0.05) is 50.3 Å². The van der Waals surface area contributed by atoms with Gasteiger partial charge in [-0.2, -0.15) is 4.98 Å². The highest BCUT2D eigenvalue weighted by molar-refractivity contribution is 5.76. The second-order valence-corrected chi connectivity index (χ2v) is 8.35. The Bertz CT molecular complexity index is 1020. The number of piperazine rings is 1. The number of carbonyl (C=O) groups is 1. The van der Waals surface area contributed by atoms with Crippen LogP contribution in [0.2, 0.25) is 0 Å². The zero-order chi connectivity index (χ0) is 22.5. The van der Waals surface area contributed by atoms with E-state index in [4.69, 9.17) is 9.26 Å². The Morgan fingerprint density at radius 3 is 2.34 bits per heavy atom. The second-order valence-electron chi connectivity index (χ2n) is 8.35. The Hall–Kier alpha value is -3.35. The van der Waals surface area contributed by atoms with Crippen LogP contribution in [0.4, 0.5) is 5.69 Å². The number of hydrogen-bond donors (Lipinski definition) is 0. The minimum absolute atomic E-state index is 0.125. The fraction of sp³-hybridized carbons (Fsp3) is 0.400. The Morgan fingerprint density at radius 1 is 1.03 bits per heavy atom. The molecule has 0 saturated carbocycles. The van der Waals surface area contributed by atoms with Crippen molar-refractivity contribution in [3.63, 3.8) is 0 Å². The molecule has 7 heteroatoms. The number of anilines is 1. The summed E-state index contributed by atoms with van der Waals surface area (Å²) in [5.74, 6) is 2.52. The van der Waals surface area contributed by atoms with E-state index in [1.807, 2.05) is 29.2 Å². The maximum atomic E-state index is 12.7. The number of hydrogen-bond acceptors (Lipinski definition) is 6. The highest BCUT2D eigenvalue weighted by atomic mass is 16.5. The van der Waals surface area contributed by atoms with Crippen molar-refractivity contribution < 1.29 is 14.1 Å². The highest BCUT2D eigenvalue weighted by Crippen LogP contribution is 2.22. The topological polar surface area (TPSA) is 71.7 Å². The van der Waals surface area contributed by atoms with Crippen molar-refractivity contribution >= 4 is 11.6 Å². The average molecular weight is 435 g/mol. The van der Waals surface area contributed by atoms with Crippen molar-refractivity contribution in [2.24, 2.45) is 0 Å². The van der Waals surface area contributed by atoms with Gasteiger partial charge >= 0.3 is 0 Å². The molecule has 0 unspecified atom stereocenters. The predicted octanol–water partition coefficient (Wildman–Crippen LogP) is 4.15. The van der Waals surface area contributed by atoms with E-state index in [1.54, 1.807) is 7.11 Å². The molecule has 0 N–H and O–H groups in total. The number of ether oxygens (including phenoxy) is 1. The van der Waals surface area contributed by atoms with Crippen molar-refractivity contribution in [3.8, 4) is 17.1 Å². The van der Waals surface area contributed by atoms with Gasteiger partial charge in [-0.15, -0.1) is 0 Å². The van der Waals surface area contributed by atoms with E-state index >= 15 is 0 Å². The maximum absolute atomic E-state index is 12.7. The summed E-state index contributed by atoms with van der Waals surface area (Å²) in [5, 5.41) is 4.08. The number of rotatable bonds is 7. The third kappa shape index (κ3) is 5.10. The van der Waals surface area contributed by atoms with Crippen LogP contribution in [0, 0.1) is 0 Å². The fourth-order valence-electron chi connectivity index (χ4n) is 3.87. The molecular weight excluding hydrogens is 404 g/mol. The first-order valence-corrected chi connectivity index (χ1v) is 11.1. The number of nitrogens with zero attached hydrogens (tertiary/aromatic N) is 4. The van der Waals surface area contributed by atoms with Crippen molar-refractivity contribution in [1.82, 2.24) is 15.0 Å². The van der Waals surface area contributed by atoms with E-state index < -0.39 is 0 Å². The van der Waals surface area contributed by atoms with Gasteiger partial charge < -0.3 is 19.1 Å². The molecule has 168 valence electrons. The molecule has 1 fully saturated rings. The van der Waals surface area contributed by atoms with E-state index in [-0.39, 0.29) is 5.91 Å². The molecule has 1 aromatic heterocycles. The van der Waals surface area contributed by atoms with Crippen molar-refractivity contribution in [2.45, 2.75) is 32.6 Å². The normalized spacial score (nSPS) is 14.1. The van der Waals surface area contributed by atoms with Crippen LogP contribution in [0.1, 0.15) is 37.6 Å². The van der Waals surface area contributed by atoms with Crippen LogP contribution in [-0.4, -0.2) is 54.2 Å². The second kappa shape index (κ2) is 9.85. The molecule has 7 nitrogen and oxygen atoms in total. The van der Waals surface area contributed by atoms with Crippen LogP contribution < -0.4 is 9.64 Å². The van der Waals surface area contributed by atoms with Crippen LogP contribution in [0.5, 0.6) is 5.75 Å². The first-order chi connectivity index (χ1) is 15.5. The SMILES string of the molecule is COc1ccc(N2CCN(C(=O)CCc3nc(-c4ccc(C(C)C)cc4)no3)CC2)cc1. The Labute approximate surface area is 189 Å². The van der Waals surface area contributed by atoms with Gasteiger partial charge in [0.15, 0.2) is 0 Å². The standard InChI is InChI=1S/C25H30N4O3/c1-18(2)19-4-6-20(7-5-19)25-26-23(32-27-25)12-13-24(30)29-16-14-28(15-17-29)21-8-10-22(31-3)11-9-21/h4-11,18H,12-17H2,1-3H3. The molecule has 1 saturated heterocycles. The lowest BCUT2D eigenvalue weighted by atomic mass is 10.0. The third-order valence-corrected chi connectivity index (χ3v) is 5.93. The Kier molecular flexibility index (Phi) is 6.73. The Balaban J connectivity index is 1.26. The van der Waals surface area contributed by atoms with Gasteiger partial charge in [0.05, 0.1) is 7.11 Å². The van der Waals surface area contributed by atoms with E-state index in [0.717, 1.165) is 30.1 Å². The number of amides is 1. The van der Waals surface area contributed by atoms with Crippen LogP contribution in [-0.2, 0) is 11.2 Å². The summed E-state index contributed by atoms with van der Waals surface area (Å²) in [4.78, 5) is 21.4. The van der Waals surface area contributed by atoms with Crippen molar-refractivity contribution in [3.05, 3.63) is 60.0 Å². The fourth-order valence-corrected chi connectivity index (χ4v) is 3.87. The molecule has 0 radical (unpaired) electrons. The Morgan fingerprint density at radius 2 is 1.72 bits per heavy atom. The molecule has 32 heavy (non-hydrogen) atoms. The van der Waals surface area contributed by atoms with Gasteiger partial charge in [-0.05, 0) is 35.7 Å². The molecule has 2 heterocycles. The number of carbonyl (C=O) groups excluding carboxylic acids is 1. The summed E-state index contributed by atoms with van der Waals surface area (Å²) in [6, 6.07) is 16.2. The molecule has 0 spiro atoms. The van der Waals surface area contributed by atoms with Crippen LogP contribution >= 0.6 is 0 Å². The van der Waals surface area contributed by atoms with Gasteiger partial charge in [0.2, 0.25) is 17.6 Å². The molecule has 1 aliphatic rings. The molecule has 0 atom stereocenters. The average Bonchev–Trinajstić information content (AvgIpc) is 3.32. The monoisotopic (exact) mass is 434 g/mol. The molecule has 2 aromatic carbocycles. The summed E-state index contributed by atoms with van der Waals surface area (Å²) in [6.07, 6.45) is 0.824. The van der Waals surface area contributed by atoms with Crippen molar-refractivity contribution in [2.75, 3.05) is 38.2 Å². The quantitative estimate of drug-likeness (QED) is 0.556. The number of aromatic nitrogens is 2. The van der Waals surface area contributed by atoms with E-state index in [0.29, 0.717) is 43.6 Å². The third-order valence-electron chi connectivity index (χ3n) is 5.93. The molecule has 0 bridgehead atoms. The molecular formula is C25H30N4O3. The number of aryl methyl sites for hydroxylation is 1. The minimum atomic E-state index is 0.125. The maximum Gasteiger partial charge on any atom is 0.227 e. The lowest BCUT2D eigenvalue weighted by Gasteiger charge is -2.36. The summed E-state index contributed by atoms with van der Waals surface area (Å²) in [6.45, 7) is 7.38. The summed E-state index contributed by atoms with van der Waals surface area (Å²) < 4.78 is 10.6. The molecule has 3 aromatic rings. The van der Waals surface area contributed by atoms with Gasteiger partial charge in [0.1, 0.15) is 5.75 Å². The smallest absolute Gasteiger partial charge is 0.227 e. The zero-order valence-electron chi connectivity index (χ0n) is 19.0. The zero-order valence-corrected chi connectivity index (χ0v) is 19.0. The predicted molar refractivity (Wildman–Crippen MR) is 124 cm³/mol. The number of methoxy groups -OCH3 is 1. The highest BCUT2D eigenvalue weighted by Gasteiger charge is 2.22. The van der Waals surface area contributed by atoms with Gasteiger partial charge in [-0.3, -0.25) is 4.79 Å². The van der Waals surface area contributed by atoms with E-state index in [9.17, 15) is 4.79 Å². The molecule has 0 aliphatic carbocycles. The van der Waals surface area contributed by atoms with Gasteiger partial charge in [-0.25, -0.2) is 0 Å². The lowest BCUT2D eigenvalue weighted by molar-refractivity contribution is -0.131. The van der Waals surface area contributed by atoms with Crippen LogP contribution in [0.25, 0.3) is 11.4 Å². The first-order valence-electron chi connectivity index (χ1n) is 11.1. The van der Waals surface area contributed by atoms with Crippen LogP contribution in [0.15, 0.2) is 53.1 Å². The summed E-state index contributed by atoms with van der Waals surface area (Å²) in [7, 11) is 1.67. The first kappa shape index (κ1) is 21.9. The molecule has 1 amide bonds. The molecule has 1 aliphatic heterocycles. The molecule has 4 rings (SSSR count). The van der Waals surface area contributed by atoms with Crippen molar-refractivity contribution in [1.29, 1.82) is 0 Å². The van der Waals surface area contributed by atoms with E-state index in [2.05, 4.69) is 53.2 Å². The van der Waals surface area contributed by atoms with Gasteiger partial charge in [0.25, 0.3) is 0 Å². The largest absolute Gasteiger partial charge is 0.497 e. The summed E-state index contributed by atoms with van der Waals surface area (Å²) >= 11 is 0. The lowest BCUT2D eigenvalue weighted by Crippen LogP contribution is -2.48. The van der Waals surface area contributed by atoms with Crippen LogP contribution in [0.3, 0.4) is 0 Å². The van der Waals surface area contributed by atoms with E-state index in [1.165, 1.54) is 5.56 Å². The summed E-state index contributed by atoms with van der Waals surface area (Å²) in [5.41, 5.74) is 3.35. The minimum Gasteiger partial charge on any atom is -0.497 e. The number of benzene rings is 2. The van der Waals surface area contributed by atoms with Gasteiger partial charge in [-0.1, -0.05) is 43.3 Å².